The molecule has 12 heavy (non-hydrogen) atoms. The lowest BCUT2D eigenvalue weighted by Gasteiger charge is -2.35. The van der Waals surface area contributed by atoms with Crippen molar-refractivity contribution in [1.82, 2.24) is 9.80 Å². The Morgan fingerprint density at radius 3 is 2.25 bits per heavy atom. The maximum atomic E-state index is 5.53. The number of rotatable bonds is 1. The van der Waals surface area contributed by atoms with Crippen molar-refractivity contribution >= 4 is 17.3 Å². The molecule has 2 N–H and O–H groups in total. The van der Waals surface area contributed by atoms with E-state index in [1.54, 1.807) is 0 Å². The van der Waals surface area contributed by atoms with Crippen LogP contribution in [0.15, 0.2) is 0 Å². The van der Waals surface area contributed by atoms with Gasteiger partial charge in [0.25, 0.3) is 0 Å². The van der Waals surface area contributed by atoms with Crippen molar-refractivity contribution < 1.29 is 0 Å². The summed E-state index contributed by atoms with van der Waals surface area (Å²) in [4.78, 5) is 4.35. The third-order valence-corrected chi connectivity index (χ3v) is 2.76. The topological polar surface area (TPSA) is 32.5 Å². The standard InChI is InChI=1S/C8H17N3S/c1-10(2)7-3-5-11(6-4-7)8(9)12/h7H,3-6H2,1-2H3,(H2,9,12). The fourth-order valence-corrected chi connectivity index (χ4v) is 1.79. The van der Waals surface area contributed by atoms with Gasteiger partial charge in [-0.3, -0.25) is 0 Å². The van der Waals surface area contributed by atoms with Gasteiger partial charge in [-0.2, -0.15) is 0 Å². The van der Waals surface area contributed by atoms with Gasteiger partial charge in [-0.05, 0) is 39.2 Å². The number of likely N-dealkylation sites (tertiary alicyclic amines) is 1. The van der Waals surface area contributed by atoms with Crippen molar-refractivity contribution in [2.45, 2.75) is 18.9 Å². The molecule has 1 aliphatic heterocycles. The molecule has 0 spiro atoms. The molecular weight excluding hydrogens is 170 g/mol. The Hall–Kier alpha value is -0.350. The predicted molar refractivity (Wildman–Crippen MR) is 55.1 cm³/mol. The Balaban J connectivity index is 2.34. The lowest BCUT2D eigenvalue weighted by Crippen LogP contribution is -2.46. The predicted octanol–water partition coefficient (Wildman–Crippen LogP) is 0.256. The molecule has 0 aromatic carbocycles. The number of hydrogen-bond donors (Lipinski definition) is 1. The van der Waals surface area contributed by atoms with Crippen LogP contribution >= 0.6 is 12.2 Å². The highest BCUT2D eigenvalue weighted by Crippen LogP contribution is 2.13. The Kier molecular flexibility index (Phi) is 3.29. The maximum absolute atomic E-state index is 5.53. The first-order valence-corrected chi connectivity index (χ1v) is 4.73. The Morgan fingerprint density at radius 2 is 1.92 bits per heavy atom. The van der Waals surface area contributed by atoms with E-state index in [0.29, 0.717) is 11.2 Å². The molecule has 0 unspecified atom stereocenters. The first-order chi connectivity index (χ1) is 5.61. The van der Waals surface area contributed by atoms with Crippen molar-refractivity contribution in [1.29, 1.82) is 0 Å². The van der Waals surface area contributed by atoms with Gasteiger partial charge in [0.15, 0.2) is 5.11 Å². The highest BCUT2D eigenvalue weighted by atomic mass is 32.1. The second kappa shape index (κ2) is 4.05. The minimum Gasteiger partial charge on any atom is -0.376 e. The van der Waals surface area contributed by atoms with Gasteiger partial charge in [0.05, 0.1) is 0 Å². The zero-order valence-electron chi connectivity index (χ0n) is 7.79. The van der Waals surface area contributed by atoms with Crippen LogP contribution in [-0.2, 0) is 0 Å². The highest BCUT2D eigenvalue weighted by molar-refractivity contribution is 7.80. The van der Waals surface area contributed by atoms with E-state index in [9.17, 15) is 0 Å². The number of hydrogen-bond acceptors (Lipinski definition) is 2. The lowest BCUT2D eigenvalue weighted by molar-refractivity contribution is 0.192. The van der Waals surface area contributed by atoms with E-state index in [1.165, 1.54) is 12.8 Å². The Bertz CT molecular complexity index is 162. The minimum atomic E-state index is 0.548. The first-order valence-electron chi connectivity index (χ1n) is 4.32. The van der Waals surface area contributed by atoms with E-state index in [-0.39, 0.29) is 0 Å². The molecule has 0 radical (unpaired) electrons. The molecule has 70 valence electrons. The number of piperidine rings is 1. The molecule has 1 aliphatic rings. The third kappa shape index (κ3) is 2.32. The molecular formula is C8H17N3S. The fraction of sp³-hybridized carbons (Fsp3) is 0.875. The summed E-state index contributed by atoms with van der Waals surface area (Å²) in [5.74, 6) is 0. The van der Waals surface area contributed by atoms with Crippen LogP contribution < -0.4 is 5.73 Å². The van der Waals surface area contributed by atoms with E-state index in [1.807, 2.05) is 0 Å². The zero-order chi connectivity index (χ0) is 9.14. The van der Waals surface area contributed by atoms with E-state index < -0.39 is 0 Å². The van der Waals surface area contributed by atoms with Crippen LogP contribution in [0.3, 0.4) is 0 Å². The molecule has 0 saturated carbocycles. The Morgan fingerprint density at radius 1 is 1.42 bits per heavy atom. The van der Waals surface area contributed by atoms with E-state index in [0.717, 1.165) is 13.1 Å². The molecule has 0 aliphatic carbocycles. The second-order valence-corrected chi connectivity index (χ2v) is 3.94. The molecule has 1 rings (SSSR count). The summed E-state index contributed by atoms with van der Waals surface area (Å²) in [6.07, 6.45) is 2.34. The fourth-order valence-electron chi connectivity index (χ4n) is 1.60. The third-order valence-electron chi connectivity index (χ3n) is 2.51. The number of nitrogens with two attached hydrogens (primary N) is 1. The molecule has 1 heterocycles. The lowest BCUT2D eigenvalue weighted by atomic mass is 10.0. The normalized spacial score (nSPS) is 20.1. The van der Waals surface area contributed by atoms with Crippen LogP contribution in [0.5, 0.6) is 0 Å². The van der Waals surface area contributed by atoms with Gasteiger partial charge in [0.2, 0.25) is 0 Å². The van der Waals surface area contributed by atoms with Crippen LogP contribution in [0.4, 0.5) is 0 Å². The highest BCUT2D eigenvalue weighted by Gasteiger charge is 2.20. The van der Waals surface area contributed by atoms with Crippen molar-refractivity contribution in [2.24, 2.45) is 5.73 Å². The molecule has 0 bridgehead atoms. The van der Waals surface area contributed by atoms with Crippen molar-refractivity contribution in [3.05, 3.63) is 0 Å². The van der Waals surface area contributed by atoms with Gasteiger partial charge in [0.1, 0.15) is 0 Å². The summed E-state index contributed by atoms with van der Waals surface area (Å²) in [6, 6.07) is 0.704. The van der Waals surface area contributed by atoms with Gasteiger partial charge in [0, 0.05) is 19.1 Å². The maximum Gasteiger partial charge on any atom is 0.166 e. The molecule has 0 aromatic heterocycles. The van der Waals surface area contributed by atoms with Crippen molar-refractivity contribution in [3.8, 4) is 0 Å². The van der Waals surface area contributed by atoms with Crippen molar-refractivity contribution in [2.75, 3.05) is 27.2 Å². The van der Waals surface area contributed by atoms with E-state index in [2.05, 4.69) is 23.9 Å². The molecule has 0 amide bonds. The van der Waals surface area contributed by atoms with Crippen LogP contribution in [0.25, 0.3) is 0 Å². The van der Waals surface area contributed by atoms with Crippen LogP contribution in [0.2, 0.25) is 0 Å². The van der Waals surface area contributed by atoms with Crippen LogP contribution in [-0.4, -0.2) is 48.1 Å². The van der Waals surface area contributed by atoms with E-state index >= 15 is 0 Å². The van der Waals surface area contributed by atoms with Gasteiger partial charge >= 0.3 is 0 Å². The van der Waals surface area contributed by atoms with Crippen LogP contribution in [0, 0.1) is 0 Å². The molecule has 0 atom stereocenters. The quantitative estimate of drug-likeness (QED) is 0.597. The second-order valence-electron chi connectivity index (χ2n) is 3.52. The first kappa shape index (κ1) is 9.74. The monoisotopic (exact) mass is 187 g/mol. The summed E-state index contributed by atoms with van der Waals surface area (Å²) in [6.45, 7) is 2.02. The molecule has 3 nitrogen and oxygen atoms in total. The largest absolute Gasteiger partial charge is 0.376 e. The van der Waals surface area contributed by atoms with Gasteiger partial charge in [-0.1, -0.05) is 0 Å². The summed E-state index contributed by atoms with van der Waals surface area (Å²) < 4.78 is 0. The minimum absolute atomic E-state index is 0.548. The molecule has 0 aromatic rings. The smallest absolute Gasteiger partial charge is 0.166 e. The average molecular weight is 187 g/mol. The van der Waals surface area contributed by atoms with Crippen LogP contribution in [0.1, 0.15) is 12.8 Å². The van der Waals surface area contributed by atoms with Gasteiger partial charge < -0.3 is 15.5 Å². The van der Waals surface area contributed by atoms with Crippen molar-refractivity contribution in [3.63, 3.8) is 0 Å². The average Bonchev–Trinajstić information content (AvgIpc) is 2.04. The van der Waals surface area contributed by atoms with E-state index in [4.69, 9.17) is 18.0 Å². The molecule has 1 fully saturated rings. The summed E-state index contributed by atoms with van der Waals surface area (Å²) in [7, 11) is 4.25. The number of thiocarbonyl (C=S) groups is 1. The summed E-state index contributed by atoms with van der Waals surface area (Å²) >= 11 is 4.91. The summed E-state index contributed by atoms with van der Waals surface area (Å²) in [5, 5.41) is 0.548. The number of nitrogens with zero attached hydrogens (tertiary/aromatic N) is 2. The molecule has 4 heteroatoms. The SMILES string of the molecule is CN(C)C1CCN(C(N)=S)CC1. The Labute approximate surface area is 79.5 Å². The summed E-state index contributed by atoms with van der Waals surface area (Å²) in [5.41, 5.74) is 5.53. The zero-order valence-corrected chi connectivity index (χ0v) is 8.60. The molecule has 1 saturated heterocycles. The van der Waals surface area contributed by atoms with Gasteiger partial charge in [-0.25, -0.2) is 0 Å². The van der Waals surface area contributed by atoms with Gasteiger partial charge in [-0.15, -0.1) is 0 Å².